The predicted octanol–water partition coefficient (Wildman–Crippen LogP) is 3.90. The van der Waals surface area contributed by atoms with Gasteiger partial charge in [0.25, 0.3) is 0 Å². The zero-order valence-corrected chi connectivity index (χ0v) is 12.0. The first-order valence-electron chi connectivity index (χ1n) is 6.69. The summed E-state index contributed by atoms with van der Waals surface area (Å²) in [5.41, 5.74) is 7.18. The van der Waals surface area contributed by atoms with Gasteiger partial charge in [-0.3, -0.25) is 0 Å². The third kappa shape index (κ3) is 4.14. The summed E-state index contributed by atoms with van der Waals surface area (Å²) in [5.74, 6) is 0.398. The highest BCUT2D eigenvalue weighted by Crippen LogP contribution is 2.36. The molecule has 0 amide bonds. The summed E-state index contributed by atoms with van der Waals surface area (Å²) >= 11 is 0. The molecule has 0 atom stereocenters. The number of ether oxygens (including phenoxy) is 2. The molecule has 118 valence electrons. The third-order valence-electron chi connectivity index (χ3n) is 2.99. The SMILES string of the molecule is Cc1cc(OCCN)ccc1-c1ccccc1OC(F)(F)F. The lowest BCUT2D eigenvalue weighted by Crippen LogP contribution is -2.17. The molecule has 0 unspecified atom stereocenters. The average Bonchev–Trinajstić information content (AvgIpc) is 2.44. The van der Waals surface area contributed by atoms with Gasteiger partial charge >= 0.3 is 6.36 Å². The molecule has 2 aromatic carbocycles. The Balaban J connectivity index is 2.36. The molecule has 0 fully saturated rings. The summed E-state index contributed by atoms with van der Waals surface area (Å²) in [4.78, 5) is 0. The van der Waals surface area contributed by atoms with E-state index >= 15 is 0 Å². The second-order valence-electron chi connectivity index (χ2n) is 4.66. The van der Waals surface area contributed by atoms with Crippen LogP contribution in [-0.2, 0) is 0 Å². The lowest BCUT2D eigenvalue weighted by atomic mass is 9.99. The Labute approximate surface area is 126 Å². The lowest BCUT2D eigenvalue weighted by Gasteiger charge is -2.15. The smallest absolute Gasteiger partial charge is 0.492 e. The molecular weight excluding hydrogens is 295 g/mol. The Bertz CT molecular complexity index is 642. The van der Waals surface area contributed by atoms with Crippen LogP contribution < -0.4 is 15.2 Å². The first kappa shape index (κ1) is 16.2. The van der Waals surface area contributed by atoms with Crippen molar-refractivity contribution in [1.82, 2.24) is 0 Å². The topological polar surface area (TPSA) is 44.5 Å². The Morgan fingerprint density at radius 1 is 1.05 bits per heavy atom. The van der Waals surface area contributed by atoms with Crippen molar-refractivity contribution < 1.29 is 22.6 Å². The Kier molecular flexibility index (Phi) is 4.92. The molecule has 0 radical (unpaired) electrons. The lowest BCUT2D eigenvalue weighted by molar-refractivity contribution is -0.274. The van der Waals surface area contributed by atoms with E-state index in [1.165, 1.54) is 12.1 Å². The van der Waals surface area contributed by atoms with Crippen molar-refractivity contribution in [3.05, 3.63) is 48.0 Å². The fourth-order valence-electron chi connectivity index (χ4n) is 2.11. The molecule has 0 aromatic heterocycles. The summed E-state index contributed by atoms with van der Waals surface area (Å²) in [6.45, 7) is 2.57. The van der Waals surface area contributed by atoms with E-state index in [0.717, 1.165) is 5.56 Å². The standard InChI is InChI=1S/C16H16F3NO2/c1-11-10-12(21-9-8-20)6-7-13(11)14-4-2-3-5-15(14)22-16(17,18)19/h2-7,10H,8-9,20H2,1H3. The highest BCUT2D eigenvalue weighted by Gasteiger charge is 2.32. The van der Waals surface area contributed by atoms with Crippen molar-refractivity contribution in [2.75, 3.05) is 13.2 Å². The molecule has 22 heavy (non-hydrogen) atoms. The quantitative estimate of drug-likeness (QED) is 0.911. The van der Waals surface area contributed by atoms with Gasteiger partial charge in [-0.05, 0) is 36.2 Å². The van der Waals surface area contributed by atoms with E-state index in [2.05, 4.69) is 4.74 Å². The normalized spacial score (nSPS) is 11.3. The zero-order valence-electron chi connectivity index (χ0n) is 12.0. The molecule has 0 bridgehead atoms. The van der Waals surface area contributed by atoms with Gasteiger partial charge in [-0.15, -0.1) is 13.2 Å². The maximum Gasteiger partial charge on any atom is 0.573 e. The minimum absolute atomic E-state index is 0.228. The van der Waals surface area contributed by atoms with Crippen molar-refractivity contribution >= 4 is 0 Å². The van der Waals surface area contributed by atoms with E-state index < -0.39 is 6.36 Å². The number of para-hydroxylation sites is 1. The second-order valence-corrected chi connectivity index (χ2v) is 4.66. The van der Waals surface area contributed by atoms with Gasteiger partial charge in [0.1, 0.15) is 18.1 Å². The Hall–Kier alpha value is -2.21. The number of alkyl halides is 3. The fraction of sp³-hybridized carbons (Fsp3) is 0.250. The molecule has 2 aromatic rings. The van der Waals surface area contributed by atoms with Crippen LogP contribution in [0.5, 0.6) is 11.5 Å². The van der Waals surface area contributed by atoms with Gasteiger partial charge in [-0.1, -0.05) is 24.3 Å². The molecular formula is C16H16F3NO2. The average molecular weight is 311 g/mol. The maximum atomic E-state index is 12.5. The number of halogens is 3. The summed E-state index contributed by atoms with van der Waals surface area (Å²) in [6, 6.07) is 11.2. The number of hydrogen-bond acceptors (Lipinski definition) is 3. The van der Waals surface area contributed by atoms with Crippen LogP contribution in [0.1, 0.15) is 5.56 Å². The van der Waals surface area contributed by atoms with E-state index in [4.69, 9.17) is 10.5 Å². The zero-order chi connectivity index (χ0) is 16.2. The molecule has 6 heteroatoms. The largest absolute Gasteiger partial charge is 0.573 e. The van der Waals surface area contributed by atoms with Crippen LogP contribution in [0.2, 0.25) is 0 Å². The molecule has 0 aliphatic rings. The Morgan fingerprint density at radius 2 is 1.77 bits per heavy atom. The fourth-order valence-corrected chi connectivity index (χ4v) is 2.11. The number of nitrogens with two attached hydrogens (primary N) is 1. The van der Waals surface area contributed by atoms with Gasteiger partial charge in [0.2, 0.25) is 0 Å². The number of hydrogen-bond donors (Lipinski definition) is 1. The van der Waals surface area contributed by atoms with E-state index in [1.54, 1.807) is 37.3 Å². The third-order valence-corrected chi connectivity index (χ3v) is 2.99. The first-order valence-corrected chi connectivity index (χ1v) is 6.69. The van der Waals surface area contributed by atoms with Gasteiger partial charge in [0.15, 0.2) is 0 Å². The van der Waals surface area contributed by atoms with Gasteiger partial charge < -0.3 is 15.2 Å². The van der Waals surface area contributed by atoms with E-state index in [1.807, 2.05) is 0 Å². The summed E-state index contributed by atoms with van der Waals surface area (Å²) < 4.78 is 47.0. The van der Waals surface area contributed by atoms with E-state index in [9.17, 15) is 13.2 Å². The van der Waals surface area contributed by atoms with Crippen LogP contribution in [0.3, 0.4) is 0 Å². The minimum Gasteiger partial charge on any atom is -0.492 e. The van der Waals surface area contributed by atoms with Crippen LogP contribution in [0.4, 0.5) is 13.2 Å². The van der Waals surface area contributed by atoms with Crippen LogP contribution in [0, 0.1) is 6.92 Å². The number of rotatable bonds is 5. The summed E-state index contributed by atoms with van der Waals surface area (Å²) in [5, 5.41) is 0. The highest BCUT2D eigenvalue weighted by atomic mass is 19.4. The van der Waals surface area contributed by atoms with Gasteiger partial charge in [-0.2, -0.15) is 0 Å². The van der Waals surface area contributed by atoms with Crippen molar-refractivity contribution in [3.8, 4) is 22.6 Å². The highest BCUT2D eigenvalue weighted by molar-refractivity contribution is 5.73. The van der Waals surface area contributed by atoms with Crippen molar-refractivity contribution in [1.29, 1.82) is 0 Å². The van der Waals surface area contributed by atoms with Crippen LogP contribution in [0.25, 0.3) is 11.1 Å². The molecule has 0 saturated heterocycles. The molecule has 0 saturated carbocycles. The van der Waals surface area contributed by atoms with E-state index in [0.29, 0.717) is 30.0 Å². The van der Waals surface area contributed by atoms with Gasteiger partial charge in [0, 0.05) is 12.1 Å². The molecule has 3 nitrogen and oxygen atoms in total. The molecule has 0 aliphatic carbocycles. The number of aryl methyl sites for hydroxylation is 1. The second kappa shape index (κ2) is 6.70. The summed E-state index contributed by atoms with van der Waals surface area (Å²) in [7, 11) is 0. The monoisotopic (exact) mass is 311 g/mol. The molecule has 2 rings (SSSR count). The Morgan fingerprint density at radius 3 is 2.41 bits per heavy atom. The maximum absolute atomic E-state index is 12.5. The van der Waals surface area contributed by atoms with E-state index in [-0.39, 0.29) is 5.75 Å². The van der Waals surface area contributed by atoms with Crippen LogP contribution in [0.15, 0.2) is 42.5 Å². The van der Waals surface area contributed by atoms with Gasteiger partial charge in [-0.25, -0.2) is 0 Å². The van der Waals surface area contributed by atoms with Crippen LogP contribution >= 0.6 is 0 Å². The van der Waals surface area contributed by atoms with Crippen molar-refractivity contribution in [2.45, 2.75) is 13.3 Å². The van der Waals surface area contributed by atoms with Crippen molar-refractivity contribution in [2.24, 2.45) is 5.73 Å². The predicted molar refractivity (Wildman–Crippen MR) is 77.8 cm³/mol. The first-order chi connectivity index (χ1) is 10.4. The van der Waals surface area contributed by atoms with Crippen molar-refractivity contribution in [3.63, 3.8) is 0 Å². The minimum atomic E-state index is -4.73. The molecule has 0 aliphatic heterocycles. The number of benzene rings is 2. The van der Waals surface area contributed by atoms with Crippen LogP contribution in [-0.4, -0.2) is 19.5 Å². The summed E-state index contributed by atoms with van der Waals surface area (Å²) in [6.07, 6.45) is -4.73. The molecule has 2 N–H and O–H groups in total. The molecule has 0 heterocycles. The van der Waals surface area contributed by atoms with Gasteiger partial charge in [0.05, 0.1) is 0 Å². The molecule has 0 spiro atoms.